The van der Waals surface area contributed by atoms with Crippen molar-refractivity contribution in [3.63, 3.8) is 0 Å². The maximum atomic E-state index is 5.40. The monoisotopic (exact) mass is 440 g/mol. The van der Waals surface area contributed by atoms with Gasteiger partial charge in [0.25, 0.3) is 0 Å². The molecule has 0 aliphatic heterocycles. The van der Waals surface area contributed by atoms with Crippen LogP contribution in [0, 0.1) is 12.8 Å². The molecule has 0 N–H and O–H groups in total. The van der Waals surface area contributed by atoms with Crippen molar-refractivity contribution in [2.24, 2.45) is 5.92 Å². The molecule has 0 spiro atoms. The molecule has 0 amide bonds. The smallest absolute Gasteiger partial charge is 0.165 e. The fourth-order valence-electron chi connectivity index (χ4n) is 4.78. The minimum absolute atomic E-state index is 0. The van der Waals surface area contributed by atoms with Gasteiger partial charge in [0.1, 0.15) is 11.6 Å². The molecule has 2 aliphatic rings. The summed E-state index contributed by atoms with van der Waals surface area (Å²) in [5, 5.41) is 4.89. The van der Waals surface area contributed by atoms with Gasteiger partial charge in [0.05, 0.1) is 13.3 Å². The predicted octanol–water partition coefficient (Wildman–Crippen LogP) is 5.64. The van der Waals surface area contributed by atoms with Crippen LogP contribution in [0.3, 0.4) is 0 Å². The summed E-state index contributed by atoms with van der Waals surface area (Å²) in [7, 11) is 1.71. The van der Waals surface area contributed by atoms with E-state index in [1.807, 2.05) is 12.3 Å². The third-order valence-corrected chi connectivity index (χ3v) is 6.62. The molecule has 3 aromatic rings. The van der Waals surface area contributed by atoms with Crippen molar-refractivity contribution in [2.45, 2.75) is 58.8 Å². The van der Waals surface area contributed by atoms with Gasteiger partial charge in [0.2, 0.25) is 0 Å². The van der Waals surface area contributed by atoms with Gasteiger partial charge in [-0.25, -0.2) is 4.98 Å². The summed E-state index contributed by atoms with van der Waals surface area (Å²) in [5.74, 6) is 3.05. The van der Waals surface area contributed by atoms with Crippen LogP contribution in [0.5, 0.6) is 5.75 Å². The largest absolute Gasteiger partial charge is 0.497 e. The van der Waals surface area contributed by atoms with E-state index in [2.05, 4.69) is 35.4 Å². The highest BCUT2D eigenvalue weighted by Gasteiger charge is 2.30. The van der Waals surface area contributed by atoms with Gasteiger partial charge in [-0.2, -0.15) is 9.61 Å². The first-order valence-corrected chi connectivity index (χ1v) is 11.5. The van der Waals surface area contributed by atoms with Crippen molar-refractivity contribution in [3.8, 4) is 16.9 Å². The van der Waals surface area contributed by atoms with Gasteiger partial charge in [0, 0.05) is 29.9 Å². The van der Waals surface area contributed by atoms with E-state index in [0.29, 0.717) is 0 Å². The molecule has 5 nitrogen and oxygen atoms in total. The zero-order valence-electron chi connectivity index (χ0n) is 18.9. The molecule has 2 aromatic heterocycles. The third-order valence-electron chi connectivity index (χ3n) is 6.62. The normalized spacial score (nSPS) is 15.1. The minimum Gasteiger partial charge on any atom is -0.497 e. The van der Waals surface area contributed by atoms with Crippen LogP contribution in [0.4, 0.5) is 5.82 Å². The number of anilines is 1. The Morgan fingerprint density at radius 3 is 2.74 bits per heavy atom. The lowest BCUT2D eigenvalue weighted by Gasteiger charge is -2.27. The van der Waals surface area contributed by atoms with Gasteiger partial charge in [-0.3, -0.25) is 0 Å². The van der Waals surface area contributed by atoms with E-state index < -0.39 is 0 Å². The number of ether oxygens (including phenoxy) is 1. The van der Waals surface area contributed by atoms with Crippen LogP contribution in [0.15, 0.2) is 24.4 Å². The van der Waals surface area contributed by atoms with E-state index in [1.54, 1.807) is 7.11 Å². The fraction of sp³-hybridized carbons (Fsp3) is 0.520. The van der Waals surface area contributed by atoms with E-state index in [9.17, 15) is 0 Å². The molecule has 0 bridgehead atoms. The highest BCUT2D eigenvalue weighted by atomic mass is 35.5. The zero-order chi connectivity index (χ0) is 20.7. The molecule has 6 heteroatoms. The standard InChI is InChI=1S/C25H32N4O.ClH/c1-4-5-13-28(16-18-9-10-18)25-21-7-6-8-23(21)27-24-22(15-26-29(24)25)20-12-11-19(30-3)14-17(20)2;/h11-12,14-15,18H,4-10,13,16H2,1-3H3;1H. The molecule has 0 atom stereocenters. The van der Waals surface area contributed by atoms with E-state index in [-0.39, 0.29) is 12.4 Å². The average molecular weight is 441 g/mol. The van der Waals surface area contributed by atoms with Crippen molar-refractivity contribution in [1.82, 2.24) is 14.6 Å². The summed E-state index contributed by atoms with van der Waals surface area (Å²) in [6.07, 6.45) is 10.6. The Morgan fingerprint density at radius 2 is 2.03 bits per heavy atom. The van der Waals surface area contributed by atoms with Gasteiger partial charge < -0.3 is 9.64 Å². The number of nitrogens with zero attached hydrogens (tertiary/aromatic N) is 4. The summed E-state index contributed by atoms with van der Waals surface area (Å²) < 4.78 is 7.54. The van der Waals surface area contributed by atoms with Gasteiger partial charge >= 0.3 is 0 Å². The number of unbranched alkanes of at least 4 members (excludes halogenated alkanes) is 1. The topological polar surface area (TPSA) is 42.7 Å². The molecule has 5 rings (SSSR count). The van der Waals surface area contributed by atoms with E-state index in [1.165, 1.54) is 60.3 Å². The SMILES string of the molecule is CCCCN(CC1CC1)c1c2c(nc3c(-c4ccc(OC)cc4C)cnn13)CCC2.Cl. The molecular formula is C25H33ClN4O. The number of hydrogen-bond acceptors (Lipinski definition) is 4. The van der Waals surface area contributed by atoms with Crippen LogP contribution in [-0.2, 0) is 12.8 Å². The van der Waals surface area contributed by atoms with Crippen LogP contribution in [0.1, 0.15) is 55.8 Å². The Hall–Kier alpha value is -2.27. The Labute approximate surface area is 191 Å². The van der Waals surface area contributed by atoms with Crippen LogP contribution in [0.25, 0.3) is 16.8 Å². The average Bonchev–Trinajstić information content (AvgIpc) is 3.28. The number of aryl methyl sites for hydroxylation is 2. The quantitative estimate of drug-likeness (QED) is 0.454. The van der Waals surface area contributed by atoms with Crippen LogP contribution in [0.2, 0.25) is 0 Å². The first-order valence-electron chi connectivity index (χ1n) is 11.5. The number of hydrogen-bond donors (Lipinski definition) is 0. The lowest BCUT2D eigenvalue weighted by Crippen LogP contribution is -2.30. The summed E-state index contributed by atoms with van der Waals surface area (Å²) in [4.78, 5) is 7.76. The number of aromatic nitrogens is 3. The predicted molar refractivity (Wildman–Crippen MR) is 129 cm³/mol. The molecule has 2 heterocycles. The summed E-state index contributed by atoms with van der Waals surface area (Å²) in [6, 6.07) is 6.26. The lowest BCUT2D eigenvalue weighted by molar-refractivity contribution is 0.414. The third kappa shape index (κ3) is 4.12. The van der Waals surface area contributed by atoms with E-state index in [0.717, 1.165) is 48.8 Å². The second-order valence-electron chi connectivity index (χ2n) is 8.93. The number of methoxy groups -OCH3 is 1. The van der Waals surface area contributed by atoms with Gasteiger partial charge in [-0.05, 0) is 74.6 Å². The molecule has 166 valence electrons. The molecule has 0 radical (unpaired) electrons. The van der Waals surface area contributed by atoms with E-state index >= 15 is 0 Å². The maximum absolute atomic E-state index is 5.40. The molecule has 1 saturated carbocycles. The molecule has 2 aliphatic carbocycles. The molecule has 31 heavy (non-hydrogen) atoms. The summed E-state index contributed by atoms with van der Waals surface area (Å²) >= 11 is 0. The Bertz CT molecular complexity index is 1070. The number of halogens is 1. The van der Waals surface area contributed by atoms with Crippen molar-refractivity contribution in [2.75, 3.05) is 25.1 Å². The second kappa shape index (κ2) is 9.07. The second-order valence-corrected chi connectivity index (χ2v) is 8.93. The summed E-state index contributed by atoms with van der Waals surface area (Å²) in [6.45, 7) is 6.67. The van der Waals surface area contributed by atoms with Crippen LogP contribution in [-0.4, -0.2) is 34.8 Å². The highest BCUT2D eigenvalue weighted by molar-refractivity contribution is 5.85. The van der Waals surface area contributed by atoms with Gasteiger partial charge in [0.15, 0.2) is 5.65 Å². The molecule has 1 aromatic carbocycles. The number of fused-ring (bicyclic) bond motifs is 2. The van der Waals surface area contributed by atoms with Crippen molar-refractivity contribution in [1.29, 1.82) is 0 Å². The number of benzene rings is 1. The highest BCUT2D eigenvalue weighted by Crippen LogP contribution is 2.38. The summed E-state index contributed by atoms with van der Waals surface area (Å²) in [5.41, 5.74) is 7.20. The number of rotatable bonds is 8. The minimum atomic E-state index is 0. The maximum Gasteiger partial charge on any atom is 0.165 e. The lowest BCUT2D eigenvalue weighted by atomic mass is 10.0. The zero-order valence-corrected chi connectivity index (χ0v) is 19.7. The van der Waals surface area contributed by atoms with Crippen LogP contribution >= 0.6 is 12.4 Å². The Morgan fingerprint density at radius 1 is 1.19 bits per heavy atom. The van der Waals surface area contributed by atoms with Crippen molar-refractivity contribution >= 4 is 23.9 Å². The fourth-order valence-corrected chi connectivity index (χ4v) is 4.78. The Balaban J connectivity index is 0.00000231. The Kier molecular flexibility index (Phi) is 6.42. The van der Waals surface area contributed by atoms with Crippen LogP contribution < -0.4 is 9.64 Å². The molecule has 1 fully saturated rings. The molecular weight excluding hydrogens is 408 g/mol. The molecule has 0 unspecified atom stereocenters. The van der Waals surface area contributed by atoms with Crippen molar-refractivity contribution in [3.05, 3.63) is 41.2 Å². The molecule has 0 saturated heterocycles. The van der Waals surface area contributed by atoms with Gasteiger partial charge in [-0.15, -0.1) is 12.4 Å². The van der Waals surface area contributed by atoms with Crippen molar-refractivity contribution < 1.29 is 4.74 Å². The van der Waals surface area contributed by atoms with Gasteiger partial charge in [-0.1, -0.05) is 19.4 Å². The first-order chi connectivity index (χ1) is 14.7. The van der Waals surface area contributed by atoms with E-state index in [4.69, 9.17) is 14.8 Å². The first kappa shape index (κ1) is 21.9.